The van der Waals surface area contributed by atoms with E-state index < -0.39 is 0 Å². The molecule has 0 N–H and O–H groups in total. The van der Waals surface area contributed by atoms with Gasteiger partial charge in [-0.15, -0.1) is 0 Å². The van der Waals surface area contributed by atoms with Gasteiger partial charge in [0.05, 0.1) is 6.04 Å². The number of hydrogen-bond donors (Lipinski definition) is 0. The van der Waals surface area contributed by atoms with Gasteiger partial charge in [-0.1, -0.05) is 0 Å². The topological polar surface area (TPSA) is 42.0 Å². The first-order chi connectivity index (χ1) is 7.84. The van der Waals surface area contributed by atoms with Crippen LogP contribution in [0.25, 0.3) is 0 Å². The lowest BCUT2D eigenvalue weighted by Crippen LogP contribution is -2.55. The molecule has 3 saturated heterocycles. The van der Waals surface area contributed by atoms with Crippen molar-refractivity contribution in [3.63, 3.8) is 0 Å². The van der Waals surface area contributed by atoms with Gasteiger partial charge in [0.1, 0.15) is 6.61 Å². The largest absolute Gasteiger partial charge is 0.447 e. The van der Waals surface area contributed by atoms with Crippen molar-refractivity contribution in [2.45, 2.75) is 24.9 Å². The van der Waals surface area contributed by atoms with Crippen LogP contribution in [0.2, 0.25) is 0 Å². The normalized spacial score (nSPS) is 32.6. The van der Waals surface area contributed by atoms with Crippen LogP contribution in [-0.4, -0.2) is 67.4 Å². The van der Waals surface area contributed by atoms with Crippen LogP contribution in [0.15, 0.2) is 0 Å². The van der Waals surface area contributed by atoms with Crippen molar-refractivity contribution < 1.29 is 14.3 Å². The number of rotatable bonds is 1. The Morgan fingerprint density at radius 3 is 2.75 bits per heavy atom. The lowest BCUT2D eigenvalue weighted by Gasteiger charge is -2.41. The molecule has 0 radical (unpaired) electrons. The minimum absolute atomic E-state index is 0.128. The molecule has 0 bridgehead atoms. The summed E-state index contributed by atoms with van der Waals surface area (Å²) in [5.74, 6) is 0. The van der Waals surface area contributed by atoms with Crippen LogP contribution < -0.4 is 0 Å². The van der Waals surface area contributed by atoms with Gasteiger partial charge in [-0.25, -0.2) is 4.79 Å². The van der Waals surface area contributed by atoms with Gasteiger partial charge in [-0.2, -0.15) is 0 Å². The molecule has 0 spiro atoms. The average Bonchev–Trinajstić information content (AvgIpc) is 2.72. The molecule has 0 unspecified atom stereocenters. The van der Waals surface area contributed by atoms with Crippen LogP contribution in [0, 0.1) is 0 Å². The molecule has 0 aliphatic carbocycles. The highest BCUT2D eigenvalue weighted by Gasteiger charge is 2.39. The van der Waals surface area contributed by atoms with E-state index in [2.05, 4.69) is 4.90 Å². The van der Waals surface area contributed by atoms with Crippen molar-refractivity contribution in [2.24, 2.45) is 0 Å². The van der Waals surface area contributed by atoms with Crippen molar-refractivity contribution in [3.8, 4) is 0 Å². The Bertz CT molecular complexity index is 278. The fraction of sp³-hybridized carbons (Fsp3) is 0.909. The molecule has 0 saturated carbocycles. The number of carbonyl (C=O) groups is 1. The molecule has 3 aliphatic rings. The zero-order chi connectivity index (χ0) is 11.0. The molecule has 5 nitrogen and oxygen atoms in total. The fourth-order valence-corrected chi connectivity index (χ4v) is 2.89. The Balaban J connectivity index is 1.61. The fourth-order valence-electron chi connectivity index (χ4n) is 2.89. The highest BCUT2D eigenvalue weighted by atomic mass is 16.6. The Kier molecular flexibility index (Phi) is 2.73. The summed E-state index contributed by atoms with van der Waals surface area (Å²) < 4.78 is 10.4. The Morgan fingerprint density at radius 1 is 1.12 bits per heavy atom. The van der Waals surface area contributed by atoms with E-state index in [1.54, 1.807) is 0 Å². The number of piperazine rings is 1. The number of hydrogen-bond acceptors (Lipinski definition) is 4. The van der Waals surface area contributed by atoms with E-state index in [4.69, 9.17) is 9.47 Å². The van der Waals surface area contributed by atoms with E-state index in [-0.39, 0.29) is 12.1 Å². The smallest absolute Gasteiger partial charge is 0.410 e. The predicted molar refractivity (Wildman–Crippen MR) is 57.3 cm³/mol. The van der Waals surface area contributed by atoms with E-state index in [0.29, 0.717) is 12.6 Å². The predicted octanol–water partition coefficient (Wildman–Crippen LogP) is 0.302. The molecule has 3 aliphatic heterocycles. The average molecular weight is 226 g/mol. The maximum atomic E-state index is 11.4. The zero-order valence-electron chi connectivity index (χ0n) is 9.43. The summed E-state index contributed by atoms with van der Waals surface area (Å²) in [4.78, 5) is 15.7. The lowest BCUT2D eigenvalue weighted by atomic mass is 10.0. The van der Waals surface area contributed by atoms with Gasteiger partial charge in [0, 0.05) is 38.9 Å². The first-order valence-electron chi connectivity index (χ1n) is 6.10. The summed E-state index contributed by atoms with van der Waals surface area (Å²) >= 11 is 0. The zero-order valence-corrected chi connectivity index (χ0v) is 9.43. The number of ether oxygens (including phenoxy) is 2. The molecular formula is C11H18N2O3. The Hall–Kier alpha value is -0.810. The summed E-state index contributed by atoms with van der Waals surface area (Å²) in [6.07, 6.45) is 2.12. The van der Waals surface area contributed by atoms with Crippen molar-refractivity contribution in [2.75, 3.05) is 39.5 Å². The molecule has 1 amide bonds. The number of cyclic esters (lactones) is 1. The second kappa shape index (κ2) is 4.22. The molecule has 3 rings (SSSR count). The Labute approximate surface area is 95.3 Å². The maximum Gasteiger partial charge on any atom is 0.410 e. The summed E-state index contributed by atoms with van der Waals surface area (Å²) in [7, 11) is 0. The highest BCUT2D eigenvalue weighted by Crippen LogP contribution is 2.22. The van der Waals surface area contributed by atoms with Gasteiger partial charge in [-0.3, -0.25) is 9.80 Å². The lowest BCUT2D eigenvalue weighted by molar-refractivity contribution is 0.0108. The molecular weight excluding hydrogens is 208 g/mol. The minimum Gasteiger partial charge on any atom is -0.447 e. The van der Waals surface area contributed by atoms with Gasteiger partial charge in [-0.05, 0) is 12.8 Å². The van der Waals surface area contributed by atoms with E-state index in [1.807, 2.05) is 4.90 Å². The van der Waals surface area contributed by atoms with Crippen molar-refractivity contribution >= 4 is 6.09 Å². The first-order valence-corrected chi connectivity index (χ1v) is 6.10. The van der Waals surface area contributed by atoms with Gasteiger partial charge < -0.3 is 9.47 Å². The van der Waals surface area contributed by atoms with Crippen LogP contribution in [0.3, 0.4) is 0 Å². The van der Waals surface area contributed by atoms with Gasteiger partial charge in [0.25, 0.3) is 0 Å². The van der Waals surface area contributed by atoms with Crippen molar-refractivity contribution in [1.29, 1.82) is 0 Å². The third-order valence-corrected chi connectivity index (χ3v) is 3.86. The summed E-state index contributed by atoms with van der Waals surface area (Å²) in [5, 5.41) is 0. The van der Waals surface area contributed by atoms with E-state index >= 15 is 0 Å². The molecule has 90 valence electrons. The second-order valence-electron chi connectivity index (χ2n) is 4.76. The Morgan fingerprint density at radius 2 is 1.94 bits per heavy atom. The first kappa shape index (κ1) is 10.4. The molecule has 3 fully saturated rings. The van der Waals surface area contributed by atoms with Crippen molar-refractivity contribution in [1.82, 2.24) is 9.80 Å². The van der Waals surface area contributed by atoms with Gasteiger partial charge in [0.15, 0.2) is 0 Å². The molecule has 3 heterocycles. The number of fused-ring (bicyclic) bond motifs is 1. The highest BCUT2D eigenvalue weighted by molar-refractivity contribution is 5.70. The minimum atomic E-state index is -0.128. The SMILES string of the molecule is O=C1OC[C@@H]2CN(C3CCOCC3)CCN12. The molecule has 0 aromatic heterocycles. The van der Waals surface area contributed by atoms with Crippen molar-refractivity contribution in [3.05, 3.63) is 0 Å². The summed E-state index contributed by atoms with van der Waals surface area (Å²) in [5.41, 5.74) is 0. The summed E-state index contributed by atoms with van der Waals surface area (Å²) in [6.45, 7) is 5.10. The molecule has 1 atom stereocenters. The number of carbonyl (C=O) groups excluding carboxylic acids is 1. The standard InChI is InChI=1S/C11H18N2O3/c14-11-13-4-3-12(7-10(13)8-16-11)9-1-5-15-6-2-9/h9-10H,1-8H2/t10-/m0/s1. The molecule has 5 heteroatoms. The van der Waals surface area contributed by atoms with Crippen LogP contribution in [-0.2, 0) is 9.47 Å². The maximum absolute atomic E-state index is 11.4. The van der Waals surface area contributed by atoms with Crippen LogP contribution in [0.1, 0.15) is 12.8 Å². The second-order valence-corrected chi connectivity index (χ2v) is 4.76. The van der Waals surface area contributed by atoms with E-state index in [0.717, 1.165) is 45.7 Å². The number of nitrogens with zero attached hydrogens (tertiary/aromatic N) is 2. The van der Waals surface area contributed by atoms with Crippen LogP contribution in [0.4, 0.5) is 4.79 Å². The number of amides is 1. The van der Waals surface area contributed by atoms with Crippen LogP contribution in [0.5, 0.6) is 0 Å². The van der Waals surface area contributed by atoms with E-state index in [9.17, 15) is 4.79 Å². The van der Waals surface area contributed by atoms with Crippen LogP contribution >= 0.6 is 0 Å². The molecule has 0 aromatic rings. The quantitative estimate of drug-likeness (QED) is 0.645. The van der Waals surface area contributed by atoms with E-state index in [1.165, 1.54) is 0 Å². The molecule has 16 heavy (non-hydrogen) atoms. The monoisotopic (exact) mass is 226 g/mol. The third kappa shape index (κ3) is 1.78. The van der Waals surface area contributed by atoms with Gasteiger partial charge in [0.2, 0.25) is 0 Å². The molecule has 0 aromatic carbocycles. The summed E-state index contributed by atoms with van der Waals surface area (Å²) in [6, 6.07) is 0.927. The van der Waals surface area contributed by atoms with Gasteiger partial charge >= 0.3 is 6.09 Å². The third-order valence-electron chi connectivity index (χ3n) is 3.86.